The first-order valence-electron chi connectivity index (χ1n) is 8.02. The van der Waals surface area contributed by atoms with Crippen LogP contribution in [0.1, 0.15) is 54.5 Å². The van der Waals surface area contributed by atoms with Crippen molar-refractivity contribution in [2.24, 2.45) is 0 Å². The standard InChI is InChI=1S/C20H24O/c1-4-15-11-16(5-2)19-13-20(21,14(3)18(19)12-15)17-9-7-6-8-10-17/h6-12,14,21H,4-5,13H2,1-3H3/t14-,20+/m1/s1. The van der Waals surface area contributed by atoms with Crippen LogP contribution in [0.5, 0.6) is 0 Å². The minimum atomic E-state index is -0.764. The van der Waals surface area contributed by atoms with Gasteiger partial charge in [0.2, 0.25) is 0 Å². The monoisotopic (exact) mass is 280 g/mol. The van der Waals surface area contributed by atoms with Gasteiger partial charge >= 0.3 is 0 Å². The molecule has 0 spiro atoms. The highest BCUT2D eigenvalue weighted by Gasteiger charge is 2.44. The summed E-state index contributed by atoms with van der Waals surface area (Å²) in [5, 5.41) is 11.3. The number of benzene rings is 2. The van der Waals surface area contributed by atoms with Gasteiger partial charge < -0.3 is 5.11 Å². The van der Waals surface area contributed by atoms with Gasteiger partial charge in [0, 0.05) is 12.3 Å². The molecule has 0 amide bonds. The molecule has 0 saturated heterocycles. The summed E-state index contributed by atoms with van der Waals surface area (Å²) in [5.41, 5.74) is 5.78. The lowest BCUT2D eigenvalue weighted by Gasteiger charge is -2.28. The molecule has 1 aliphatic carbocycles. The van der Waals surface area contributed by atoms with Crippen LogP contribution in [0.3, 0.4) is 0 Å². The second-order valence-electron chi connectivity index (χ2n) is 6.22. The third-order valence-electron chi connectivity index (χ3n) is 5.13. The molecule has 2 atom stereocenters. The van der Waals surface area contributed by atoms with Crippen molar-refractivity contribution in [2.75, 3.05) is 0 Å². The number of fused-ring (bicyclic) bond motifs is 1. The van der Waals surface area contributed by atoms with Crippen molar-refractivity contribution in [3.63, 3.8) is 0 Å². The highest BCUT2D eigenvalue weighted by Crippen LogP contribution is 2.48. The molecule has 1 nitrogen and oxygen atoms in total. The molecular weight excluding hydrogens is 256 g/mol. The molecule has 0 unspecified atom stereocenters. The number of rotatable bonds is 3. The lowest BCUT2D eigenvalue weighted by molar-refractivity contribution is 0.0249. The van der Waals surface area contributed by atoms with Gasteiger partial charge in [-0.05, 0) is 40.7 Å². The van der Waals surface area contributed by atoms with E-state index in [2.05, 4.69) is 45.0 Å². The van der Waals surface area contributed by atoms with Gasteiger partial charge in [-0.2, -0.15) is 0 Å². The van der Waals surface area contributed by atoms with Crippen molar-refractivity contribution in [2.45, 2.75) is 51.6 Å². The highest BCUT2D eigenvalue weighted by atomic mass is 16.3. The van der Waals surface area contributed by atoms with E-state index in [-0.39, 0.29) is 5.92 Å². The molecule has 0 fully saturated rings. The van der Waals surface area contributed by atoms with Crippen LogP contribution in [-0.2, 0) is 24.9 Å². The predicted octanol–water partition coefficient (Wildman–Crippen LogP) is 4.36. The molecule has 0 heterocycles. The van der Waals surface area contributed by atoms with Gasteiger partial charge in [0.1, 0.15) is 5.60 Å². The maximum Gasteiger partial charge on any atom is 0.100 e. The van der Waals surface area contributed by atoms with Crippen molar-refractivity contribution < 1.29 is 5.11 Å². The molecule has 0 saturated carbocycles. The zero-order valence-electron chi connectivity index (χ0n) is 13.2. The summed E-state index contributed by atoms with van der Waals surface area (Å²) in [6.07, 6.45) is 2.82. The quantitative estimate of drug-likeness (QED) is 0.885. The maximum absolute atomic E-state index is 11.3. The summed E-state index contributed by atoms with van der Waals surface area (Å²) in [6.45, 7) is 6.57. The van der Waals surface area contributed by atoms with Crippen LogP contribution in [0.2, 0.25) is 0 Å². The molecule has 110 valence electrons. The van der Waals surface area contributed by atoms with E-state index in [9.17, 15) is 5.11 Å². The van der Waals surface area contributed by atoms with E-state index in [4.69, 9.17) is 0 Å². The van der Waals surface area contributed by atoms with Crippen LogP contribution in [0.25, 0.3) is 0 Å². The van der Waals surface area contributed by atoms with Gasteiger partial charge in [0.05, 0.1) is 0 Å². The SMILES string of the molecule is CCc1cc(CC)c2c(c1)[C@@H](C)[C@](O)(c1ccccc1)C2. The molecule has 1 heteroatoms. The molecule has 0 aromatic heterocycles. The van der Waals surface area contributed by atoms with E-state index in [1.54, 1.807) is 0 Å². The topological polar surface area (TPSA) is 20.2 Å². The number of aryl methyl sites for hydroxylation is 2. The number of hydrogen-bond acceptors (Lipinski definition) is 1. The summed E-state index contributed by atoms with van der Waals surface area (Å²) < 4.78 is 0. The lowest BCUT2D eigenvalue weighted by Crippen LogP contribution is -2.29. The average Bonchev–Trinajstić information content (AvgIpc) is 2.80. The van der Waals surface area contributed by atoms with E-state index in [0.717, 1.165) is 24.8 Å². The fourth-order valence-corrected chi connectivity index (χ4v) is 3.71. The van der Waals surface area contributed by atoms with Crippen LogP contribution in [-0.4, -0.2) is 5.11 Å². The average molecular weight is 280 g/mol. The zero-order valence-corrected chi connectivity index (χ0v) is 13.2. The molecule has 2 aromatic rings. The molecule has 0 bridgehead atoms. The van der Waals surface area contributed by atoms with Gasteiger partial charge in [-0.15, -0.1) is 0 Å². The van der Waals surface area contributed by atoms with E-state index >= 15 is 0 Å². The van der Waals surface area contributed by atoms with Gasteiger partial charge in [-0.1, -0.05) is 63.2 Å². The Morgan fingerprint density at radius 3 is 2.43 bits per heavy atom. The normalized spacial score (nSPS) is 24.1. The van der Waals surface area contributed by atoms with Crippen LogP contribution < -0.4 is 0 Å². The Labute approximate surface area is 127 Å². The minimum absolute atomic E-state index is 0.145. The van der Waals surface area contributed by atoms with E-state index in [0.29, 0.717) is 0 Å². The lowest BCUT2D eigenvalue weighted by atomic mass is 9.83. The summed E-state index contributed by atoms with van der Waals surface area (Å²) in [4.78, 5) is 0. The van der Waals surface area contributed by atoms with Gasteiger partial charge in [-0.3, -0.25) is 0 Å². The molecule has 0 aliphatic heterocycles. The second kappa shape index (κ2) is 5.31. The second-order valence-corrected chi connectivity index (χ2v) is 6.22. The van der Waals surface area contributed by atoms with Gasteiger partial charge in [0.15, 0.2) is 0 Å². The smallest absolute Gasteiger partial charge is 0.100 e. The molecule has 1 N–H and O–H groups in total. The van der Waals surface area contributed by atoms with Crippen molar-refractivity contribution in [3.05, 3.63) is 70.3 Å². The highest BCUT2D eigenvalue weighted by molar-refractivity contribution is 5.49. The summed E-state index contributed by atoms with van der Waals surface area (Å²) in [6, 6.07) is 14.8. The maximum atomic E-state index is 11.3. The van der Waals surface area contributed by atoms with Crippen LogP contribution in [0.15, 0.2) is 42.5 Å². The minimum Gasteiger partial charge on any atom is -0.384 e. The van der Waals surface area contributed by atoms with Gasteiger partial charge in [-0.25, -0.2) is 0 Å². The number of aliphatic hydroxyl groups is 1. The Hall–Kier alpha value is -1.60. The summed E-state index contributed by atoms with van der Waals surface area (Å²) in [5.74, 6) is 0.145. The summed E-state index contributed by atoms with van der Waals surface area (Å²) in [7, 11) is 0. The van der Waals surface area contributed by atoms with E-state index in [1.165, 1.54) is 22.3 Å². The van der Waals surface area contributed by atoms with Gasteiger partial charge in [0.25, 0.3) is 0 Å². The Balaban J connectivity index is 2.12. The third-order valence-corrected chi connectivity index (χ3v) is 5.13. The van der Waals surface area contributed by atoms with E-state index in [1.807, 2.05) is 18.2 Å². The molecule has 2 aromatic carbocycles. The first-order chi connectivity index (χ1) is 10.1. The Bertz CT molecular complexity index is 644. The molecule has 21 heavy (non-hydrogen) atoms. The Morgan fingerprint density at radius 1 is 1.10 bits per heavy atom. The zero-order chi connectivity index (χ0) is 15.0. The predicted molar refractivity (Wildman–Crippen MR) is 87.7 cm³/mol. The van der Waals surface area contributed by atoms with Crippen molar-refractivity contribution >= 4 is 0 Å². The third kappa shape index (κ3) is 2.20. The fourth-order valence-electron chi connectivity index (χ4n) is 3.71. The molecule has 1 aliphatic rings. The molecule has 0 radical (unpaired) electrons. The van der Waals surface area contributed by atoms with Crippen LogP contribution in [0, 0.1) is 0 Å². The first kappa shape index (κ1) is 14.3. The van der Waals surface area contributed by atoms with Crippen molar-refractivity contribution in [1.82, 2.24) is 0 Å². The molecule has 3 rings (SSSR count). The largest absolute Gasteiger partial charge is 0.384 e. The van der Waals surface area contributed by atoms with Crippen LogP contribution >= 0.6 is 0 Å². The van der Waals surface area contributed by atoms with Crippen LogP contribution in [0.4, 0.5) is 0 Å². The Morgan fingerprint density at radius 2 is 1.81 bits per heavy atom. The van der Waals surface area contributed by atoms with Crippen molar-refractivity contribution in [1.29, 1.82) is 0 Å². The molecular formula is C20H24O. The summed E-state index contributed by atoms with van der Waals surface area (Å²) >= 11 is 0. The van der Waals surface area contributed by atoms with E-state index < -0.39 is 5.60 Å². The number of hydrogen-bond donors (Lipinski definition) is 1. The fraction of sp³-hybridized carbons (Fsp3) is 0.400. The first-order valence-corrected chi connectivity index (χ1v) is 8.02. The Kier molecular flexibility index (Phi) is 3.62. The van der Waals surface area contributed by atoms with Crippen molar-refractivity contribution in [3.8, 4) is 0 Å².